The van der Waals surface area contributed by atoms with Gasteiger partial charge < -0.3 is 20.1 Å². The van der Waals surface area contributed by atoms with Crippen LogP contribution in [0.25, 0.3) is 0 Å². The SMILES string of the molecule is CCOC(=O)C[C@H]1CN(CC(=O)OCC)CC[C@H]1N1CCN(c2ccc(C(=N)N)cc2)CC1. The maximum atomic E-state index is 12.3. The second kappa shape index (κ2) is 12.0. The molecule has 1 aromatic rings. The summed E-state index contributed by atoms with van der Waals surface area (Å²) in [7, 11) is 0. The molecule has 3 rings (SSSR count). The minimum absolute atomic E-state index is 0.0771. The Morgan fingerprint density at radius 1 is 1.00 bits per heavy atom. The van der Waals surface area contributed by atoms with Gasteiger partial charge in [0, 0.05) is 56.6 Å². The molecule has 182 valence electrons. The highest BCUT2D eigenvalue weighted by atomic mass is 16.5. The van der Waals surface area contributed by atoms with Gasteiger partial charge in [-0.3, -0.25) is 24.8 Å². The van der Waals surface area contributed by atoms with Gasteiger partial charge in [0.05, 0.1) is 26.2 Å². The molecule has 0 aliphatic carbocycles. The Bertz CT molecular complexity index is 808. The second-order valence-electron chi connectivity index (χ2n) is 8.65. The summed E-state index contributed by atoms with van der Waals surface area (Å²) >= 11 is 0. The van der Waals surface area contributed by atoms with Crippen molar-refractivity contribution < 1.29 is 19.1 Å². The van der Waals surface area contributed by atoms with Crippen LogP contribution in [-0.4, -0.2) is 92.6 Å². The molecule has 0 spiro atoms. The van der Waals surface area contributed by atoms with Gasteiger partial charge in [-0.15, -0.1) is 0 Å². The van der Waals surface area contributed by atoms with Crippen molar-refractivity contribution in [1.82, 2.24) is 9.80 Å². The van der Waals surface area contributed by atoms with Gasteiger partial charge in [-0.1, -0.05) is 0 Å². The van der Waals surface area contributed by atoms with E-state index >= 15 is 0 Å². The number of nitrogen functional groups attached to an aromatic ring is 1. The highest BCUT2D eigenvalue weighted by Crippen LogP contribution is 2.28. The van der Waals surface area contributed by atoms with Crippen molar-refractivity contribution in [2.24, 2.45) is 11.7 Å². The van der Waals surface area contributed by atoms with E-state index in [-0.39, 0.29) is 36.3 Å². The first kappa shape index (κ1) is 25.0. The molecule has 2 aliphatic rings. The number of esters is 2. The average molecular weight is 460 g/mol. The number of benzene rings is 1. The maximum Gasteiger partial charge on any atom is 0.320 e. The van der Waals surface area contributed by atoms with E-state index in [1.54, 1.807) is 0 Å². The monoisotopic (exact) mass is 459 g/mol. The quantitative estimate of drug-likeness (QED) is 0.323. The lowest BCUT2D eigenvalue weighted by Crippen LogP contribution is -2.57. The molecule has 0 saturated carbocycles. The minimum Gasteiger partial charge on any atom is -0.466 e. The standard InChI is InChI=1S/C24H37N5O4/c1-3-32-22(30)15-19-16-27(17-23(31)33-4-2)10-9-21(19)29-13-11-28(12-14-29)20-7-5-18(6-8-20)24(25)26/h5-8,19,21H,3-4,9-17H2,1-2H3,(H3,25,26)/t19-,21+/m0/s1. The number of anilines is 1. The van der Waals surface area contributed by atoms with Gasteiger partial charge in [-0.05, 0) is 50.5 Å². The van der Waals surface area contributed by atoms with Crippen molar-refractivity contribution in [1.29, 1.82) is 5.41 Å². The third-order valence-electron chi connectivity index (χ3n) is 6.50. The number of hydrogen-bond donors (Lipinski definition) is 2. The Kier molecular flexibility index (Phi) is 9.08. The van der Waals surface area contributed by atoms with Gasteiger partial charge in [0.1, 0.15) is 5.84 Å². The lowest BCUT2D eigenvalue weighted by atomic mass is 9.87. The predicted octanol–water partition coefficient (Wildman–Crippen LogP) is 1.30. The van der Waals surface area contributed by atoms with Crippen LogP contribution in [0, 0.1) is 11.3 Å². The third-order valence-corrected chi connectivity index (χ3v) is 6.50. The van der Waals surface area contributed by atoms with E-state index < -0.39 is 0 Å². The van der Waals surface area contributed by atoms with Crippen LogP contribution in [0.2, 0.25) is 0 Å². The van der Waals surface area contributed by atoms with E-state index in [2.05, 4.69) is 14.7 Å². The smallest absolute Gasteiger partial charge is 0.320 e. The fourth-order valence-corrected chi connectivity index (χ4v) is 4.91. The second-order valence-corrected chi connectivity index (χ2v) is 8.65. The number of carbonyl (C=O) groups excluding carboxylic acids is 2. The Hall–Kier alpha value is -2.65. The Balaban J connectivity index is 1.60. The van der Waals surface area contributed by atoms with Crippen LogP contribution in [0.5, 0.6) is 0 Å². The summed E-state index contributed by atoms with van der Waals surface area (Å²) in [5.74, 6) is -0.188. The van der Waals surface area contributed by atoms with Crippen molar-refractivity contribution in [3.8, 4) is 0 Å². The molecule has 9 heteroatoms. The fourth-order valence-electron chi connectivity index (χ4n) is 4.91. The van der Waals surface area contributed by atoms with E-state index in [0.29, 0.717) is 26.2 Å². The molecule has 0 unspecified atom stereocenters. The van der Waals surface area contributed by atoms with E-state index in [0.717, 1.165) is 50.4 Å². The summed E-state index contributed by atoms with van der Waals surface area (Å²) in [6.45, 7) is 9.79. The molecule has 33 heavy (non-hydrogen) atoms. The molecule has 2 heterocycles. The number of nitrogens with one attached hydrogen (secondary N) is 1. The average Bonchev–Trinajstić information content (AvgIpc) is 2.80. The summed E-state index contributed by atoms with van der Waals surface area (Å²) < 4.78 is 10.3. The number of piperidine rings is 1. The van der Waals surface area contributed by atoms with Crippen LogP contribution in [-0.2, 0) is 19.1 Å². The number of nitrogens with zero attached hydrogens (tertiary/aromatic N) is 3. The fraction of sp³-hybridized carbons (Fsp3) is 0.625. The number of carbonyl (C=O) groups is 2. The van der Waals surface area contributed by atoms with Gasteiger partial charge >= 0.3 is 11.9 Å². The molecule has 2 fully saturated rings. The number of nitrogens with two attached hydrogens (primary N) is 1. The van der Waals surface area contributed by atoms with Crippen molar-refractivity contribution in [2.45, 2.75) is 32.7 Å². The van der Waals surface area contributed by atoms with Crippen molar-refractivity contribution in [3.63, 3.8) is 0 Å². The predicted molar refractivity (Wildman–Crippen MR) is 127 cm³/mol. The van der Waals surface area contributed by atoms with Crippen molar-refractivity contribution in [2.75, 3.05) is 63.9 Å². The normalized spacial score (nSPS) is 22.1. The number of hydrogen-bond acceptors (Lipinski definition) is 8. The summed E-state index contributed by atoms with van der Waals surface area (Å²) in [5.41, 5.74) is 7.42. The number of rotatable bonds is 9. The first-order chi connectivity index (χ1) is 15.9. The zero-order chi connectivity index (χ0) is 23.8. The van der Waals surface area contributed by atoms with Crippen molar-refractivity contribution in [3.05, 3.63) is 29.8 Å². The van der Waals surface area contributed by atoms with Gasteiger partial charge in [0.15, 0.2) is 0 Å². The highest BCUT2D eigenvalue weighted by Gasteiger charge is 2.36. The summed E-state index contributed by atoms with van der Waals surface area (Å²) in [6.07, 6.45) is 1.28. The molecular formula is C24H37N5O4. The van der Waals surface area contributed by atoms with Gasteiger partial charge in [0.25, 0.3) is 0 Å². The highest BCUT2D eigenvalue weighted by molar-refractivity contribution is 5.95. The Morgan fingerprint density at radius 2 is 1.64 bits per heavy atom. The third kappa shape index (κ3) is 6.91. The molecule has 9 nitrogen and oxygen atoms in total. The zero-order valence-electron chi connectivity index (χ0n) is 19.8. The number of amidine groups is 1. The largest absolute Gasteiger partial charge is 0.466 e. The number of ether oxygens (including phenoxy) is 2. The molecule has 2 aliphatic heterocycles. The molecule has 3 N–H and O–H groups in total. The van der Waals surface area contributed by atoms with Crippen LogP contribution in [0.15, 0.2) is 24.3 Å². The Labute approximate surface area is 196 Å². The molecule has 0 bridgehead atoms. The molecule has 2 saturated heterocycles. The van der Waals surface area contributed by atoms with Crippen LogP contribution in [0.1, 0.15) is 32.3 Å². The molecule has 0 amide bonds. The van der Waals surface area contributed by atoms with E-state index in [4.69, 9.17) is 20.6 Å². The summed E-state index contributed by atoms with van der Waals surface area (Å²) in [6, 6.07) is 8.10. The van der Waals surface area contributed by atoms with E-state index in [1.807, 2.05) is 38.1 Å². The molecular weight excluding hydrogens is 422 g/mol. The molecule has 1 aromatic carbocycles. The van der Waals surface area contributed by atoms with Gasteiger partial charge in [-0.25, -0.2) is 0 Å². The first-order valence-electron chi connectivity index (χ1n) is 11.9. The van der Waals surface area contributed by atoms with E-state index in [1.165, 1.54) is 0 Å². The van der Waals surface area contributed by atoms with Crippen molar-refractivity contribution >= 4 is 23.5 Å². The van der Waals surface area contributed by atoms with E-state index in [9.17, 15) is 9.59 Å². The van der Waals surface area contributed by atoms with Crippen LogP contribution in [0.4, 0.5) is 5.69 Å². The zero-order valence-corrected chi connectivity index (χ0v) is 19.8. The van der Waals surface area contributed by atoms with Crippen LogP contribution >= 0.6 is 0 Å². The molecule has 0 aromatic heterocycles. The maximum absolute atomic E-state index is 12.3. The van der Waals surface area contributed by atoms with Gasteiger partial charge in [0.2, 0.25) is 0 Å². The van der Waals surface area contributed by atoms with Crippen LogP contribution < -0.4 is 10.6 Å². The Morgan fingerprint density at radius 3 is 2.24 bits per heavy atom. The minimum atomic E-state index is -0.213. The lowest BCUT2D eigenvalue weighted by molar-refractivity contribution is -0.146. The summed E-state index contributed by atoms with van der Waals surface area (Å²) in [5, 5.41) is 7.55. The van der Waals surface area contributed by atoms with Gasteiger partial charge in [-0.2, -0.15) is 0 Å². The number of piperazine rings is 1. The van der Waals surface area contributed by atoms with Crippen LogP contribution in [0.3, 0.4) is 0 Å². The number of likely N-dealkylation sites (tertiary alicyclic amines) is 1. The first-order valence-corrected chi connectivity index (χ1v) is 11.9. The molecule has 2 atom stereocenters. The molecule has 0 radical (unpaired) electrons. The summed E-state index contributed by atoms with van der Waals surface area (Å²) in [4.78, 5) is 31.2. The lowest BCUT2D eigenvalue weighted by Gasteiger charge is -2.46. The topological polar surface area (TPSA) is 112 Å².